The summed E-state index contributed by atoms with van der Waals surface area (Å²) in [6.45, 7) is 4.07. The van der Waals surface area contributed by atoms with Gasteiger partial charge < -0.3 is 5.32 Å². The van der Waals surface area contributed by atoms with Crippen LogP contribution < -0.4 is 5.32 Å². The maximum atomic E-state index is 12.1. The Balaban J connectivity index is 1.89. The zero-order valence-electron chi connectivity index (χ0n) is 12.8. The lowest BCUT2D eigenvalue weighted by molar-refractivity contribution is -0.115. The molecule has 1 heterocycles. The number of halogens is 1. The lowest BCUT2D eigenvalue weighted by atomic mass is 10.1. The highest BCUT2D eigenvalue weighted by molar-refractivity contribution is 8.18. The zero-order chi connectivity index (χ0) is 16.4. The van der Waals surface area contributed by atoms with Gasteiger partial charge in [0.2, 0.25) is 0 Å². The minimum Gasteiger partial charge on any atom is -0.300 e. The second-order valence-corrected chi connectivity index (χ2v) is 6.66. The first-order valence-electron chi connectivity index (χ1n) is 7.15. The molecule has 0 aromatic heterocycles. The summed E-state index contributed by atoms with van der Waals surface area (Å²) in [6.07, 6.45) is 1.79. The zero-order valence-corrected chi connectivity index (χ0v) is 14.3. The molecule has 0 bridgehead atoms. The number of carbonyl (C=O) groups excluding carboxylic acids is 1. The van der Waals surface area contributed by atoms with Crippen molar-refractivity contribution in [3.63, 3.8) is 0 Å². The number of carbonyl (C=O) groups is 1. The van der Waals surface area contributed by atoms with Crippen LogP contribution in [0.25, 0.3) is 6.08 Å². The van der Waals surface area contributed by atoms with E-state index in [0.29, 0.717) is 15.1 Å². The minimum absolute atomic E-state index is 0.154. The monoisotopic (exact) mass is 342 g/mol. The molecular weight excluding hydrogens is 328 g/mol. The van der Waals surface area contributed by atoms with Crippen molar-refractivity contribution in [1.82, 2.24) is 5.32 Å². The van der Waals surface area contributed by atoms with E-state index in [-0.39, 0.29) is 5.91 Å². The number of nitrogens with one attached hydrogen (secondary N) is 1. The van der Waals surface area contributed by atoms with Gasteiger partial charge in [-0.3, -0.25) is 4.79 Å². The van der Waals surface area contributed by atoms with Crippen LogP contribution in [0, 0.1) is 13.8 Å². The molecule has 2 aromatic carbocycles. The molecule has 1 N–H and O–H groups in total. The van der Waals surface area contributed by atoms with Gasteiger partial charge in [0.05, 0.1) is 10.6 Å². The number of amidine groups is 1. The van der Waals surface area contributed by atoms with E-state index >= 15 is 0 Å². The van der Waals surface area contributed by atoms with Gasteiger partial charge in [-0.05, 0) is 60.5 Å². The van der Waals surface area contributed by atoms with Crippen molar-refractivity contribution in [1.29, 1.82) is 0 Å². The SMILES string of the molecule is Cc1cccc(N=C2NC(=O)C(=Cc3ccccc3Cl)S2)c1C. The molecule has 23 heavy (non-hydrogen) atoms. The Labute approximate surface area is 144 Å². The lowest BCUT2D eigenvalue weighted by Crippen LogP contribution is -2.19. The van der Waals surface area contributed by atoms with Crippen molar-refractivity contribution in [2.24, 2.45) is 4.99 Å². The molecule has 1 saturated heterocycles. The normalized spacial score (nSPS) is 17.8. The van der Waals surface area contributed by atoms with Gasteiger partial charge in [0.1, 0.15) is 0 Å². The van der Waals surface area contributed by atoms with E-state index in [1.807, 2.05) is 50.2 Å². The number of rotatable bonds is 2. The van der Waals surface area contributed by atoms with E-state index in [0.717, 1.165) is 16.8 Å². The largest absolute Gasteiger partial charge is 0.300 e. The quantitative estimate of drug-likeness (QED) is 0.793. The summed E-state index contributed by atoms with van der Waals surface area (Å²) in [5.74, 6) is -0.154. The van der Waals surface area contributed by atoms with Gasteiger partial charge >= 0.3 is 0 Å². The highest BCUT2D eigenvalue weighted by atomic mass is 35.5. The maximum Gasteiger partial charge on any atom is 0.264 e. The molecule has 2 aromatic rings. The summed E-state index contributed by atoms with van der Waals surface area (Å²) < 4.78 is 0. The number of hydrogen-bond acceptors (Lipinski definition) is 3. The molecule has 1 amide bonds. The molecule has 0 atom stereocenters. The summed E-state index contributed by atoms with van der Waals surface area (Å²) in [5.41, 5.74) is 3.97. The van der Waals surface area contributed by atoms with Crippen LogP contribution in [-0.2, 0) is 4.79 Å². The van der Waals surface area contributed by atoms with Crippen molar-refractivity contribution < 1.29 is 4.79 Å². The maximum absolute atomic E-state index is 12.1. The molecule has 1 aliphatic rings. The molecular formula is C18H15ClN2OS. The molecule has 0 saturated carbocycles. The van der Waals surface area contributed by atoms with Crippen LogP contribution in [0.15, 0.2) is 52.4 Å². The summed E-state index contributed by atoms with van der Waals surface area (Å²) >= 11 is 7.46. The van der Waals surface area contributed by atoms with Crippen LogP contribution in [0.3, 0.4) is 0 Å². The molecule has 0 aliphatic carbocycles. The first-order chi connectivity index (χ1) is 11.0. The molecule has 1 aliphatic heterocycles. The van der Waals surface area contributed by atoms with E-state index in [4.69, 9.17) is 11.6 Å². The van der Waals surface area contributed by atoms with Gasteiger partial charge in [0, 0.05) is 5.02 Å². The molecule has 116 valence electrons. The first-order valence-corrected chi connectivity index (χ1v) is 8.34. The summed E-state index contributed by atoms with van der Waals surface area (Å²) in [4.78, 5) is 17.3. The smallest absolute Gasteiger partial charge is 0.264 e. The highest BCUT2D eigenvalue weighted by Gasteiger charge is 2.24. The van der Waals surface area contributed by atoms with E-state index in [1.54, 1.807) is 12.1 Å². The Hall–Kier alpha value is -2.04. The number of nitrogens with zero attached hydrogens (tertiary/aromatic N) is 1. The van der Waals surface area contributed by atoms with Gasteiger partial charge in [-0.15, -0.1) is 0 Å². The van der Waals surface area contributed by atoms with Crippen LogP contribution in [0.2, 0.25) is 5.02 Å². The summed E-state index contributed by atoms with van der Waals surface area (Å²) in [5, 5.41) is 4.01. The third-order valence-electron chi connectivity index (χ3n) is 3.64. The number of amides is 1. The van der Waals surface area contributed by atoms with Gasteiger partial charge in [0.25, 0.3) is 5.91 Å². The van der Waals surface area contributed by atoms with Crippen LogP contribution in [0.4, 0.5) is 5.69 Å². The third kappa shape index (κ3) is 3.49. The molecule has 3 nitrogen and oxygen atoms in total. The number of benzene rings is 2. The van der Waals surface area contributed by atoms with Crippen molar-refractivity contribution >= 4 is 46.2 Å². The van der Waals surface area contributed by atoms with Crippen LogP contribution in [0.5, 0.6) is 0 Å². The second kappa shape index (κ2) is 6.60. The Morgan fingerprint density at radius 3 is 2.70 bits per heavy atom. The van der Waals surface area contributed by atoms with Crippen LogP contribution in [-0.4, -0.2) is 11.1 Å². The van der Waals surface area contributed by atoms with Gasteiger partial charge in [-0.25, -0.2) is 4.99 Å². The van der Waals surface area contributed by atoms with Crippen molar-refractivity contribution in [2.75, 3.05) is 0 Å². The lowest BCUT2D eigenvalue weighted by Gasteiger charge is -2.04. The fourth-order valence-electron chi connectivity index (χ4n) is 2.18. The first kappa shape index (κ1) is 15.8. The second-order valence-electron chi connectivity index (χ2n) is 5.22. The van der Waals surface area contributed by atoms with Gasteiger partial charge in [-0.2, -0.15) is 0 Å². The number of aliphatic imine (C=N–C) groups is 1. The topological polar surface area (TPSA) is 41.5 Å². The summed E-state index contributed by atoms with van der Waals surface area (Å²) in [6, 6.07) is 13.4. The molecule has 0 unspecified atom stereocenters. The predicted octanol–water partition coefficient (Wildman–Crippen LogP) is 4.85. The standard InChI is InChI=1S/C18H15ClN2OS/c1-11-6-5-9-15(12(11)2)20-18-21-17(22)16(23-18)10-13-7-3-4-8-14(13)19/h3-10H,1-2H3,(H,20,21,22). The van der Waals surface area contributed by atoms with Crippen molar-refractivity contribution in [3.8, 4) is 0 Å². The predicted molar refractivity (Wildman–Crippen MR) is 98.2 cm³/mol. The fraction of sp³-hybridized carbons (Fsp3) is 0.111. The minimum atomic E-state index is -0.154. The third-order valence-corrected chi connectivity index (χ3v) is 4.89. The van der Waals surface area contributed by atoms with Gasteiger partial charge in [0.15, 0.2) is 5.17 Å². The van der Waals surface area contributed by atoms with Crippen molar-refractivity contribution in [2.45, 2.75) is 13.8 Å². The van der Waals surface area contributed by atoms with Gasteiger partial charge in [-0.1, -0.05) is 41.9 Å². The highest BCUT2D eigenvalue weighted by Crippen LogP contribution is 2.31. The average molecular weight is 343 g/mol. The van der Waals surface area contributed by atoms with E-state index in [9.17, 15) is 4.79 Å². The molecule has 0 radical (unpaired) electrons. The Morgan fingerprint density at radius 2 is 1.91 bits per heavy atom. The summed E-state index contributed by atoms with van der Waals surface area (Å²) in [7, 11) is 0. The Bertz CT molecular complexity index is 843. The fourth-order valence-corrected chi connectivity index (χ4v) is 3.20. The Morgan fingerprint density at radius 1 is 1.13 bits per heavy atom. The molecule has 3 rings (SSSR count). The number of aryl methyl sites for hydroxylation is 1. The molecule has 1 fully saturated rings. The molecule has 0 spiro atoms. The van der Waals surface area contributed by atoms with E-state index in [2.05, 4.69) is 10.3 Å². The van der Waals surface area contributed by atoms with Crippen LogP contribution >= 0.6 is 23.4 Å². The average Bonchev–Trinajstić information content (AvgIpc) is 2.86. The molecule has 5 heteroatoms. The van der Waals surface area contributed by atoms with Crippen LogP contribution in [0.1, 0.15) is 16.7 Å². The van der Waals surface area contributed by atoms with Crippen molar-refractivity contribution in [3.05, 3.63) is 69.1 Å². The van der Waals surface area contributed by atoms with E-state index < -0.39 is 0 Å². The van der Waals surface area contributed by atoms with E-state index in [1.165, 1.54) is 17.3 Å². The Kier molecular flexibility index (Phi) is 4.55. The number of thioether (sulfide) groups is 1. The number of hydrogen-bond donors (Lipinski definition) is 1.